The monoisotopic (exact) mass is 444 g/mol. The average molecular weight is 444 g/mol. The van der Waals surface area contributed by atoms with Crippen molar-refractivity contribution in [3.05, 3.63) is 24.0 Å². The molecule has 0 bridgehead atoms. The number of piperidine rings is 1. The van der Waals surface area contributed by atoms with E-state index in [1.807, 2.05) is 11.8 Å². The summed E-state index contributed by atoms with van der Waals surface area (Å²) in [5, 5.41) is 0. The zero-order chi connectivity index (χ0) is 21.5. The van der Waals surface area contributed by atoms with Gasteiger partial charge in [-0.1, -0.05) is 6.92 Å². The maximum atomic E-state index is 14.9. The molecular formula is C19H25FN2O7S. The highest BCUT2D eigenvalue weighted by Crippen LogP contribution is 2.38. The molecule has 1 unspecified atom stereocenters. The Bertz CT molecular complexity index is 919. The quantitative estimate of drug-likeness (QED) is 0.634. The van der Waals surface area contributed by atoms with Crippen LogP contribution in [0.3, 0.4) is 0 Å². The first kappa shape index (κ1) is 21.3. The lowest BCUT2D eigenvalue weighted by atomic mass is 9.92. The van der Waals surface area contributed by atoms with Crippen molar-refractivity contribution >= 4 is 27.6 Å². The molecule has 3 saturated heterocycles. The number of benzene rings is 1. The van der Waals surface area contributed by atoms with Crippen LogP contribution in [-0.2, 0) is 28.5 Å². The minimum Gasteiger partial charge on any atom is -0.441 e. The van der Waals surface area contributed by atoms with Crippen molar-refractivity contribution in [3.63, 3.8) is 0 Å². The van der Waals surface area contributed by atoms with Gasteiger partial charge in [-0.05, 0) is 18.2 Å². The molecule has 3 aliphatic rings. The fourth-order valence-electron chi connectivity index (χ4n) is 4.16. The molecule has 4 rings (SSSR count). The molecule has 11 heteroatoms. The van der Waals surface area contributed by atoms with E-state index in [2.05, 4.69) is 4.18 Å². The summed E-state index contributed by atoms with van der Waals surface area (Å²) in [6.45, 7) is 4.17. The van der Waals surface area contributed by atoms with Crippen LogP contribution in [0.4, 0.5) is 20.6 Å². The van der Waals surface area contributed by atoms with Crippen molar-refractivity contribution in [1.82, 2.24) is 0 Å². The molecule has 30 heavy (non-hydrogen) atoms. The van der Waals surface area contributed by atoms with Gasteiger partial charge in [0.25, 0.3) is 10.1 Å². The van der Waals surface area contributed by atoms with Gasteiger partial charge < -0.3 is 19.1 Å². The minimum absolute atomic E-state index is 0.0745. The molecule has 3 fully saturated rings. The number of cyclic esters (lactones) is 1. The van der Waals surface area contributed by atoms with Gasteiger partial charge in [0, 0.05) is 25.4 Å². The molecule has 0 aliphatic carbocycles. The van der Waals surface area contributed by atoms with E-state index in [-0.39, 0.29) is 19.1 Å². The Hall–Kier alpha value is -1.95. The van der Waals surface area contributed by atoms with Crippen LogP contribution in [0.25, 0.3) is 0 Å². The number of anilines is 2. The van der Waals surface area contributed by atoms with E-state index >= 15 is 0 Å². The summed E-state index contributed by atoms with van der Waals surface area (Å²) >= 11 is 0. The van der Waals surface area contributed by atoms with E-state index in [1.165, 1.54) is 11.0 Å². The number of rotatable bonds is 5. The minimum atomic E-state index is -3.64. The van der Waals surface area contributed by atoms with Gasteiger partial charge in [0.1, 0.15) is 18.5 Å². The third kappa shape index (κ3) is 4.25. The van der Waals surface area contributed by atoms with Crippen molar-refractivity contribution in [1.29, 1.82) is 0 Å². The number of amides is 1. The molecule has 9 nitrogen and oxygen atoms in total. The van der Waals surface area contributed by atoms with E-state index in [9.17, 15) is 17.6 Å². The van der Waals surface area contributed by atoms with Gasteiger partial charge in [-0.25, -0.2) is 9.18 Å². The van der Waals surface area contributed by atoms with Crippen LogP contribution in [0.15, 0.2) is 18.2 Å². The Morgan fingerprint density at radius 1 is 1.27 bits per heavy atom. The summed E-state index contributed by atoms with van der Waals surface area (Å²) in [6, 6.07) is 4.57. The van der Waals surface area contributed by atoms with Gasteiger partial charge in [0.05, 0.1) is 37.4 Å². The number of hydrogen-bond acceptors (Lipinski definition) is 8. The van der Waals surface area contributed by atoms with E-state index < -0.39 is 33.9 Å². The number of hydrogen-bond donors (Lipinski definition) is 0. The van der Waals surface area contributed by atoms with Crippen molar-refractivity contribution in [2.24, 2.45) is 5.92 Å². The van der Waals surface area contributed by atoms with Gasteiger partial charge in [-0.15, -0.1) is 0 Å². The first-order valence-electron chi connectivity index (χ1n) is 9.82. The lowest BCUT2D eigenvalue weighted by Crippen LogP contribution is -2.51. The molecular weight excluding hydrogens is 419 g/mol. The van der Waals surface area contributed by atoms with Gasteiger partial charge in [-0.2, -0.15) is 8.42 Å². The standard InChI is InChI=1S/C19H25FN2O7S/c1-13-10-21(6-5-19(13)26-7-8-27-19)17-4-3-14(9-16(17)20)22-11-15(29-18(22)23)12-28-30(2,24)25/h3-4,9,13,15H,5-8,10-12H2,1-2H3/t13?,15-/m1/s1. The molecule has 1 aromatic rings. The third-order valence-electron chi connectivity index (χ3n) is 5.68. The molecule has 166 valence electrons. The van der Waals surface area contributed by atoms with Crippen LogP contribution in [0, 0.1) is 11.7 Å². The lowest BCUT2D eigenvalue weighted by molar-refractivity contribution is -0.199. The Kier molecular flexibility index (Phi) is 5.64. The highest BCUT2D eigenvalue weighted by atomic mass is 32.2. The SMILES string of the molecule is CC1CN(c2ccc(N3C[C@H](COS(C)(=O)=O)OC3=O)cc2F)CCC12OCCO2. The van der Waals surface area contributed by atoms with Gasteiger partial charge >= 0.3 is 6.09 Å². The Balaban J connectivity index is 1.43. The van der Waals surface area contributed by atoms with E-state index in [1.54, 1.807) is 12.1 Å². The van der Waals surface area contributed by atoms with Crippen LogP contribution in [0.5, 0.6) is 0 Å². The fraction of sp³-hybridized carbons (Fsp3) is 0.632. The largest absolute Gasteiger partial charge is 0.441 e. The summed E-state index contributed by atoms with van der Waals surface area (Å²) in [6.07, 6.45) is 0.147. The Morgan fingerprint density at radius 2 is 2.00 bits per heavy atom. The van der Waals surface area contributed by atoms with Crippen molar-refractivity contribution in [2.45, 2.75) is 25.2 Å². The molecule has 1 aromatic carbocycles. The first-order chi connectivity index (χ1) is 14.2. The highest BCUT2D eigenvalue weighted by Gasteiger charge is 2.46. The van der Waals surface area contributed by atoms with Crippen LogP contribution in [0.1, 0.15) is 13.3 Å². The number of ether oxygens (including phenoxy) is 3. The van der Waals surface area contributed by atoms with Crippen LogP contribution >= 0.6 is 0 Å². The van der Waals surface area contributed by atoms with Crippen LogP contribution in [-0.4, -0.2) is 72.1 Å². The molecule has 0 radical (unpaired) electrons. The van der Waals surface area contributed by atoms with Crippen molar-refractivity contribution in [3.8, 4) is 0 Å². The smallest absolute Gasteiger partial charge is 0.414 e. The highest BCUT2D eigenvalue weighted by molar-refractivity contribution is 7.85. The molecule has 2 atom stereocenters. The van der Waals surface area contributed by atoms with Crippen molar-refractivity contribution in [2.75, 3.05) is 55.5 Å². The average Bonchev–Trinajstić information content (AvgIpc) is 3.29. The van der Waals surface area contributed by atoms with Crippen LogP contribution in [0.2, 0.25) is 0 Å². The Morgan fingerprint density at radius 3 is 2.63 bits per heavy atom. The van der Waals surface area contributed by atoms with E-state index in [0.29, 0.717) is 44.1 Å². The van der Waals surface area contributed by atoms with Gasteiger partial charge in [-0.3, -0.25) is 9.08 Å². The fourth-order valence-corrected chi connectivity index (χ4v) is 4.55. The van der Waals surface area contributed by atoms with Gasteiger partial charge in [0.15, 0.2) is 5.79 Å². The molecule has 3 aliphatic heterocycles. The molecule has 1 spiro atoms. The summed E-state index contributed by atoms with van der Waals surface area (Å²) in [7, 11) is -3.64. The van der Waals surface area contributed by atoms with E-state index in [0.717, 1.165) is 6.26 Å². The summed E-state index contributed by atoms with van der Waals surface area (Å²) < 4.78 is 58.6. The van der Waals surface area contributed by atoms with E-state index in [4.69, 9.17) is 14.2 Å². The molecule has 3 heterocycles. The van der Waals surface area contributed by atoms with Gasteiger partial charge in [0.2, 0.25) is 0 Å². The normalized spacial score (nSPS) is 26.4. The molecule has 1 amide bonds. The maximum Gasteiger partial charge on any atom is 0.414 e. The number of carbonyl (C=O) groups is 1. The predicted octanol–water partition coefficient (Wildman–Crippen LogP) is 1.72. The molecule has 0 N–H and O–H groups in total. The summed E-state index contributed by atoms with van der Waals surface area (Å²) in [5.41, 5.74) is 0.787. The van der Waals surface area contributed by atoms with Crippen molar-refractivity contribution < 1.29 is 36.0 Å². The molecule has 0 saturated carbocycles. The lowest BCUT2D eigenvalue weighted by Gasteiger charge is -2.43. The second kappa shape index (κ2) is 7.95. The molecule has 0 aromatic heterocycles. The zero-order valence-electron chi connectivity index (χ0n) is 16.9. The second-order valence-electron chi connectivity index (χ2n) is 7.85. The number of carbonyl (C=O) groups excluding carboxylic acids is 1. The third-order valence-corrected chi connectivity index (χ3v) is 6.24. The maximum absolute atomic E-state index is 14.9. The number of nitrogens with zero attached hydrogens (tertiary/aromatic N) is 2. The summed E-state index contributed by atoms with van der Waals surface area (Å²) in [5.74, 6) is -0.945. The predicted molar refractivity (Wildman–Crippen MR) is 105 cm³/mol. The van der Waals surface area contributed by atoms with Crippen LogP contribution < -0.4 is 9.80 Å². The first-order valence-corrected chi connectivity index (χ1v) is 11.6. The second-order valence-corrected chi connectivity index (χ2v) is 9.49. The Labute approximate surface area is 174 Å². The topological polar surface area (TPSA) is 94.6 Å². The summed E-state index contributed by atoms with van der Waals surface area (Å²) in [4.78, 5) is 15.3. The number of halogens is 1. The zero-order valence-corrected chi connectivity index (χ0v) is 17.7.